The van der Waals surface area contributed by atoms with Crippen LogP contribution in [0.5, 0.6) is 0 Å². The summed E-state index contributed by atoms with van der Waals surface area (Å²) >= 11 is 5.85. The number of non-ortho nitro benzene ring substituents is 1. The second-order valence-corrected chi connectivity index (χ2v) is 7.72. The van der Waals surface area contributed by atoms with Gasteiger partial charge in [0.25, 0.3) is 5.69 Å². The summed E-state index contributed by atoms with van der Waals surface area (Å²) in [5.74, 6) is -0.0930. The van der Waals surface area contributed by atoms with Gasteiger partial charge in [-0.3, -0.25) is 10.1 Å². The third kappa shape index (κ3) is 2.76. The van der Waals surface area contributed by atoms with E-state index in [1.54, 1.807) is 13.8 Å². The second-order valence-electron chi connectivity index (χ2n) is 5.40. The maximum atomic E-state index is 12.4. The van der Waals surface area contributed by atoms with E-state index in [0.717, 1.165) is 16.4 Å². The van der Waals surface area contributed by atoms with Crippen molar-refractivity contribution in [1.29, 1.82) is 0 Å². The van der Waals surface area contributed by atoms with Crippen molar-refractivity contribution >= 4 is 27.3 Å². The third-order valence-electron chi connectivity index (χ3n) is 3.72. The predicted octanol–water partition coefficient (Wildman–Crippen LogP) is 1.64. The fourth-order valence-corrected chi connectivity index (χ4v) is 4.10. The molecule has 0 bridgehead atoms. The van der Waals surface area contributed by atoms with Crippen molar-refractivity contribution in [3.05, 3.63) is 33.3 Å². The summed E-state index contributed by atoms with van der Waals surface area (Å²) < 4.78 is 25.9. The molecule has 9 heteroatoms. The lowest BCUT2D eigenvalue weighted by Crippen LogP contribution is -2.65. The number of benzene rings is 1. The molecule has 0 aromatic heterocycles. The van der Waals surface area contributed by atoms with Crippen LogP contribution >= 0.6 is 11.6 Å². The van der Waals surface area contributed by atoms with Crippen LogP contribution in [-0.4, -0.2) is 41.4 Å². The van der Waals surface area contributed by atoms with Crippen LogP contribution in [0.15, 0.2) is 23.1 Å². The summed E-state index contributed by atoms with van der Waals surface area (Å²) in [5.41, 5.74) is -1.42. The molecule has 116 valence electrons. The number of rotatable bonds is 4. The van der Waals surface area contributed by atoms with E-state index in [2.05, 4.69) is 0 Å². The molecule has 0 radical (unpaired) electrons. The van der Waals surface area contributed by atoms with Gasteiger partial charge in [-0.25, -0.2) is 8.42 Å². The summed E-state index contributed by atoms with van der Waals surface area (Å²) in [6.45, 7) is 3.49. The highest BCUT2D eigenvalue weighted by Crippen LogP contribution is 2.36. The average molecular weight is 335 g/mol. The summed E-state index contributed by atoms with van der Waals surface area (Å²) in [5, 5.41) is 20.8. The average Bonchev–Trinajstić information content (AvgIpc) is 2.34. The summed E-state index contributed by atoms with van der Waals surface area (Å²) in [6.07, 6.45) is 0. The Bertz CT molecular complexity index is 683. The van der Waals surface area contributed by atoms with E-state index in [0.29, 0.717) is 0 Å². The fourth-order valence-electron chi connectivity index (χ4n) is 2.04. The van der Waals surface area contributed by atoms with Crippen molar-refractivity contribution in [3.63, 3.8) is 0 Å². The Balaban J connectivity index is 2.34. The lowest BCUT2D eigenvalue weighted by Gasteiger charge is -2.47. The van der Waals surface area contributed by atoms with E-state index in [1.165, 1.54) is 6.07 Å². The maximum Gasteiger partial charge on any atom is 0.270 e. The van der Waals surface area contributed by atoms with E-state index in [1.807, 2.05) is 0 Å². The largest absolute Gasteiger partial charge is 0.387 e. The molecule has 0 aliphatic carbocycles. The van der Waals surface area contributed by atoms with E-state index in [9.17, 15) is 23.6 Å². The van der Waals surface area contributed by atoms with Gasteiger partial charge in [0.15, 0.2) is 0 Å². The predicted molar refractivity (Wildman–Crippen MR) is 76.7 cm³/mol. The SMILES string of the molecule is CC(C)C1(O)CN(S(=O)(=O)c2cc([N+](=O)[O-])ccc2Cl)C1. The molecular formula is C12H15ClN2O5S. The Morgan fingerprint density at radius 3 is 2.48 bits per heavy atom. The van der Waals surface area contributed by atoms with Gasteiger partial charge in [0.1, 0.15) is 4.90 Å². The molecule has 2 rings (SSSR count). The number of aliphatic hydroxyl groups is 1. The van der Waals surface area contributed by atoms with Crippen LogP contribution in [0.4, 0.5) is 5.69 Å². The minimum Gasteiger partial charge on any atom is -0.387 e. The number of sulfonamides is 1. The minimum absolute atomic E-state index is 0.0496. The first-order valence-electron chi connectivity index (χ1n) is 6.24. The molecule has 1 fully saturated rings. The quantitative estimate of drug-likeness (QED) is 0.666. The van der Waals surface area contributed by atoms with E-state index in [4.69, 9.17) is 11.6 Å². The van der Waals surface area contributed by atoms with Gasteiger partial charge in [0.2, 0.25) is 10.0 Å². The van der Waals surface area contributed by atoms with Crippen LogP contribution in [0.25, 0.3) is 0 Å². The maximum absolute atomic E-state index is 12.4. The van der Waals surface area contributed by atoms with E-state index >= 15 is 0 Å². The van der Waals surface area contributed by atoms with Gasteiger partial charge < -0.3 is 5.11 Å². The molecule has 21 heavy (non-hydrogen) atoms. The van der Waals surface area contributed by atoms with Crippen molar-refractivity contribution in [2.75, 3.05) is 13.1 Å². The molecule has 1 aliphatic heterocycles. The van der Waals surface area contributed by atoms with Crippen LogP contribution in [0.1, 0.15) is 13.8 Å². The van der Waals surface area contributed by atoms with E-state index < -0.39 is 20.5 Å². The van der Waals surface area contributed by atoms with Crippen LogP contribution in [-0.2, 0) is 10.0 Å². The molecule has 1 N–H and O–H groups in total. The Morgan fingerprint density at radius 2 is 2.00 bits per heavy atom. The van der Waals surface area contributed by atoms with Crippen LogP contribution in [0.3, 0.4) is 0 Å². The van der Waals surface area contributed by atoms with Crippen LogP contribution in [0.2, 0.25) is 5.02 Å². The molecule has 7 nitrogen and oxygen atoms in total. The zero-order chi connectivity index (χ0) is 16.0. The van der Waals surface area contributed by atoms with Gasteiger partial charge in [-0.2, -0.15) is 4.31 Å². The monoisotopic (exact) mass is 334 g/mol. The molecule has 0 atom stereocenters. The summed E-state index contributed by atoms with van der Waals surface area (Å²) in [6, 6.07) is 3.26. The van der Waals surface area contributed by atoms with E-state index in [-0.39, 0.29) is 34.6 Å². The molecule has 0 spiro atoms. The summed E-state index contributed by atoms with van der Waals surface area (Å²) in [4.78, 5) is 9.75. The molecule has 1 aromatic rings. The van der Waals surface area contributed by atoms with Gasteiger partial charge in [-0.05, 0) is 12.0 Å². The number of hydrogen-bond acceptors (Lipinski definition) is 5. The van der Waals surface area contributed by atoms with Gasteiger partial charge >= 0.3 is 0 Å². The highest BCUT2D eigenvalue weighted by Gasteiger charge is 2.49. The van der Waals surface area contributed by atoms with Gasteiger partial charge in [0, 0.05) is 25.2 Å². The van der Waals surface area contributed by atoms with Crippen LogP contribution < -0.4 is 0 Å². The zero-order valence-electron chi connectivity index (χ0n) is 11.5. The first-order chi connectivity index (χ1) is 9.58. The van der Waals surface area contributed by atoms with Crippen molar-refractivity contribution in [2.24, 2.45) is 5.92 Å². The summed E-state index contributed by atoms with van der Waals surface area (Å²) in [7, 11) is -3.96. The molecule has 1 aliphatic rings. The fraction of sp³-hybridized carbons (Fsp3) is 0.500. The zero-order valence-corrected chi connectivity index (χ0v) is 13.1. The first-order valence-corrected chi connectivity index (χ1v) is 8.06. The molecule has 0 unspecified atom stereocenters. The Kier molecular flexibility index (Phi) is 4.00. The first kappa shape index (κ1) is 16.2. The topological polar surface area (TPSA) is 101 Å². The number of hydrogen-bond donors (Lipinski definition) is 1. The number of nitrogens with zero attached hydrogens (tertiary/aromatic N) is 2. The minimum atomic E-state index is -3.96. The Morgan fingerprint density at radius 1 is 1.43 bits per heavy atom. The normalized spacial score (nSPS) is 18.5. The number of β-amino-alcohol motifs (C(OH)–C–C–N with tert-alkyl or cyclic N) is 1. The molecule has 1 aromatic carbocycles. The second kappa shape index (κ2) is 5.20. The smallest absolute Gasteiger partial charge is 0.270 e. The Hall–Kier alpha value is -1.22. The molecule has 0 saturated carbocycles. The number of nitro benzene ring substituents is 1. The van der Waals surface area contributed by atoms with Gasteiger partial charge in [0.05, 0.1) is 15.5 Å². The lowest BCUT2D eigenvalue weighted by atomic mass is 9.85. The van der Waals surface area contributed by atoms with Crippen molar-refractivity contribution in [1.82, 2.24) is 4.31 Å². The Labute approximate surface area is 127 Å². The number of nitro groups is 1. The van der Waals surface area contributed by atoms with Crippen molar-refractivity contribution in [2.45, 2.75) is 24.3 Å². The van der Waals surface area contributed by atoms with Crippen molar-refractivity contribution < 1.29 is 18.4 Å². The van der Waals surface area contributed by atoms with Crippen LogP contribution in [0, 0.1) is 16.0 Å². The molecule has 0 amide bonds. The van der Waals surface area contributed by atoms with Gasteiger partial charge in [-0.1, -0.05) is 25.4 Å². The standard InChI is InChI=1S/C12H15ClN2O5S/c1-8(2)12(16)6-14(7-12)21(19,20)11-5-9(15(17)18)3-4-10(11)13/h3-5,8,16H,6-7H2,1-2H3. The molecule has 1 heterocycles. The highest BCUT2D eigenvalue weighted by molar-refractivity contribution is 7.89. The van der Waals surface area contributed by atoms with Crippen molar-refractivity contribution in [3.8, 4) is 0 Å². The lowest BCUT2D eigenvalue weighted by molar-refractivity contribution is -0.385. The number of halogens is 1. The van der Waals surface area contributed by atoms with Gasteiger partial charge in [-0.15, -0.1) is 0 Å². The third-order valence-corrected chi connectivity index (χ3v) is 5.99. The highest BCUT2D eigenvalue weighted by atomic mass is 35.5. The molecular weight excluding hydrogens is 320 g/mol. The molecule has 1 saturated heterocycles.